The molecule has 116 valence electrons. The van der Waals surface area contributed by atoms with Crippen LogP contribution in [-0.4, -0.2) is 31.0 Å². The maximum atomic E-state index is 11.4. The average molecular weight is 329 g/mol. The van der Waals surface area contributed by atoms with Crippen LogP contribution in [0.3, 0.4) is 0 Å². The van der Waals surface area contributed by atoms with Gasteiger partial charge in [-0.3, -0.25) is 0 Å². The molecule has 0 aliphatic carbocycles. The van der Waals surface area contributed by atoms with Crippen molar-refractivity contribution in [2.24, 2.45) is 0 Å². The molecule has 0 fully saturated rings. The molecule has 0 radical (unpaired) electrons. The molecule has 1 aromatic heterocycles. The topological polar surface area (TPSA) is 51.1 Å². The Bertz CT molecular complexity index is 735. The summed E-state index contributed by atoms with van der Waals surface area (Å²) in [5.74, 6) is 0.125. The molecular formula is C15H21ClN2O2S. The molecule has 0 saturated carbocycles. The highest BCUT2D eigenvalue weighted by Gasteiger charge is 2.11. The Balaban J connectivity index is 2.37. The quantitative estimate of drug-likeness (QED) is 0.887. The Kier molecular flexibility index (Phi) is 4.96. The second-order valence-electron chi connectivity index (χ2n) is 5.67. The molecule has 1 heterocycles. The molecule has 1 aromatic carbocycles. The van der Waals surface area contributed by atoms with Gasteiger partial charge < -0.3 is 9.88 Å². The number of aromatic nitrogens is 1. The molecule has 0 aliphatic heterocycles. The van der Waals surface area contributed by atoms with Gasteiger partial charge in [0.1, 0.15) is 9.84 Å². The summed E-state index contributed by atoms with van der Waals surface area (Å²) < 4.78 is 24.7. The number of halogens is 1. The molecule has 2 aromatic rings. The summed E-state index contributed by atoms with van der Waals surface area (Å²) in [6.07, 6.45) is 3.27. The van der Waals surface area contributed by atoms with Crippen molar-refractivity contribution in [3.8, 4) is 0 Å². The van der Waals surface area contributed by atoms with Gasteiger partial charge in [-0.2, -0.15) is 0 Å². The lowest BCUT2D eigenvalue weighted by Crippen LogP contribution is -2.21. The van der Waals surface area contributed by atoms with Crippen molar-refractivity contribution in [2.75, 3.05) is 12.0 Å². The van der Waals surface area contributed by atoms with Gasteiger partial charge >= 0.3 is 0 Å². The largest absolute Gasteiger partial charge is 0.346 e. The van der Waals surface area contributed by atoms with E-state index >= 15 is 0 Å². The van der Waals surface area contributed by atoms with E-state index in [9.17, 15) is 8.42 Å². The summed E-state index contributed by atoms with van der Waals surface area (Å²) in [4.78, 5) is 0. The predicted octanol–water partition coefficient (Wildman–Crippen LogP) is 2.84. The zero-order valence-corrected chi connectivity index (χ0v) is 14.1. The summed E-state index contributed by atoms with van der Waals surface area (Å²) in [5, 5.41) is 5.16. The van der Waals surface area contributed by atoms with Gasteiger partial charge in [0.25, 0.3) is 0 Å². The lowest BCUT2D eigenvalue weighted by atomic mass is 10.1. The first kappa shape index (κ1) is 16.3. The van der Waals surface area contributed by atoms with Crippen molar-refractivity contribution in [1.82, 2.24) is 9.88 Å². The van der Waals surface area contributed by atoms with Crippen molar-refractivity contribution in [2.45, 2.75) is 33.0 Å². The van der Waals surface area contributed by atoms with E-state index in [-0.39, 0.29) is 5.75 Å². The lowest BCUT2D eigenvalue weighted by Gasteiger charge is -2.06. The summed E-state index contributed by atoms with van der Waals surface area (Å²) in [6, 6.07) is 6.14. The summed E-state index contributed by atoms with van der Waals surface area (Å²) in [7, 11) is -2.99. The number of nitrogens with zero attached hydrogens (tertiary/aromatic N) is 1. The van der Waals surface area contributed by atoms with Crippen molar-refractivity contribution in [3.63, 3.8) is 0 Å². The van der Waals surface area contributed by atoms with Crippen LogP contribution in [0.4, 0.5) is 0 Å². The third-order valence-electron chi connectivity index (χ3n) is 3.33. The maximum Gasteiger partial charge on any atom is 0.149 e. The number of fused-ring (bicyclic) bond motifs is 1. The SMILES string of the molecule is CC(C)NCc1cn(CCS(C)(=O)=O)c2cc(Cl)ccc12. The normalized spacial score (nSPS) is 12.4. The lowest BCUT2D eigenvalue weighted by molar-refractivity contribution is 0.588. The fourth-order valence-electron chi connectivity index (χ4n) is 2.25. The van der Waals surface area contributed by atoms with Crippen LogP contribution >= 0.6 is 11.6 Å². The Labute approximate surface area is 131 Å². The monoisotopic (exact) mass is 328 g/mol. The molecule has 0 aliphatic rings. The fraction of sp³-hybridized carbons (Fsp3) is 0.467. The van der Waals surface area contributed by atoms with Gasteiger partial charge in [-0.05, 0) is 17.7 Å². The van der Waals surface area contributed by atoms with Crippen LogP contribution in [0.2, 0.25) is 5.02 Å². The molecule has 0 saturated heterocycles. The van der Waals surface area contributed by atoms with Crippen molar-refractivity contribution in [1.29, 1.82) is 0 Å². The third-order valence-corrected chi connectivity index (χ3v) is 4.49. The van der Waals surface area contributed by atoms with Crippen molar-refractivity contribution in [3.05, 3.63) is 35.0 Å². The van der Waals surface area contributed by atoms with E-state index in [1.54, 1.807) is 0 Å². The van der Waals surface area contributed by atoms with Gasteiger partial charge in [0, 0.05) is 47.5 Å². The predicted molar refractivity (Wildman–Crippen MR) is 88.6 cm³/mol. The van der Waals surface area contributed by atoms with E-state index in [1.807, 2.05) is 29.0 Å². The molecule has 0 unspecified atom stereocenters. The van der Waals surface area contributed by atoms with Crippen LogP contribution in [0.15, 0.2) is 24.4 Å². The Hall–Kier alpha value is -1.04. The maximum absolute atomic E-state index is 11.4. The minimum atomic E-state index is -2.99. The Morgan fingerprint density at radius 3 is 2.67 bits per heavy atom. The van der Waals surface area contributed by atoms with Crippen molar-refractivity contribution >= 4 is 32.3 Å². The number of hydrogen-bond donors (Lipinski definition) is 1. The van der Waals surface area contributed by atoms with Gasteiger partial charge in [0.15, 0.2) is 0 Å². The summed E-state index contributed by atoms with van der Waals surface area (Å²) in [6.45, 7) is 5.39. The molecule has 0 spiro atoms. The molecule has 6 heteroatoms. The molecule has 2 rings (SSSR count). The highest BCUT2D eigenvalue weighted by molar-refractivity contribution is 7.90. The van der Waals surface area contributed by atoms with Gasteiger partial charge in [-0.15, -0.1) is 0 Å². The zero-order valence-electron chi connectivity index (χ0n) is 12.6. The first-order valence-electron chi connectivity index (χ1n) is 6.94. The van der Waals surface area contributed by atoms with Crippen LogP contribution in [0.1, 0.15) is 19.4 Å². The second kappa shape index (κ2) is 6.38. The number of aryl methyl sites for hydroxylation is 1. The zero-order chi connectivity index (χ0) is 15.6. The number of rotatable bonds is 6. The van der Waals surface area contributed by atoms with E-state index in [0.717, 1.165) is 23.0 Å². The second-order valence-corrected chi connectivity index (χ2v) is 8.37. The highest BCUT2D eigenvalue weighted by Crippen LogP contribution is 2.25. The van der Waals surface area contributed by atoms with Gasteiger partial charge in [0.05, 0.1) is 5.75 Å². The van der Waals surface area contributed by atoms with Crippen LogP contribution < -0.4 is 5.32 Å². The standard InChI is InChI=1S/C15H21ClN2O2S/c1-11(2)17-9-12-10-18(6-7-21(3,19)20)15-8-13(16)4-5-14(12)15/h4-5,8,10-11,17H,6-7,9H2,1-3H3. The van der Waals surface area contributed by atoms with E-state index < -0.39 is 9.84 Å². The number of nitrogens with one attached hydrogen (secondary N) is 1. The third kappa shape index (κ3) is 4.46. The van der Waals surface area contributed by atoms with E-state index in [1.165, 1.54) is 6.26 Å². The van der Waals surface area contributed by atoms with Crippen LogP contribution in [-0.2, 0) is 22.9 Å². The smallest absolute Gasteiger partial charge is 0.149 e. The summed E-state index contributed by atoms with van der Waals surface area (Å²) in [5.41, 5.74) is 2.13. The Morgan fingerprint density at radius 1 is 1.33 bits per heavy atom. The number of hydrogen-bond acceptors (Lipinski definition) is 3. The van der Waals surface area contributed by atoms with Gasteiger partial charge in [0.2, 0.25) is 0 Å². The fourth-order valence-corrected chi connectivity index (χ4v) is 2.94. The molecule has 4 nitrogen and oxygen atoms in total. The van der Waals surface area contributed by atoms with Crippen molar-refractivity contribution < 1.29 is 8.42 Å². The number of benzene rings is 1. The molecular weight excluding hydrogens is 308 g/mol. The Morgan fingerprint density at radius 2 is 2.05 bits per heavy atom. The first-order chi connectivity index (χ1) is 9.76. The molecule has 0 bridgehead atoms. The van der Waals surface area contributed by atoms with Crippen LogP contribution in [0.5, 0.6) is 0 Å². The van der Waals surface area contributed by atoms with Gasteiger partial charge in [-0.1, -0.05) is 31.5 Å². The average Bonchev–Trinajstić information content (AvgIpc) is 2.70. The number of sulfone groups is 1. The summed E-state index contributed by atoms with van der Waals surface area (Å²) >= 11 is 6.07. The van der Waals surface area contributed by atoms with E-state index in [0.29, 0.717) is 17.6 Å². The van der Waals surface area contributed by atoms with Crippen LogP contribution in [0, 0.1) is 0 Å². The minimum Gasteiger partial charge on any atom is -0.346 e. The highest BCUT2D eigenvalue weighted by atomic mass is 35.5. The van der Waals surface area contributed by atoms with E-state index in [2.05, 4.69) is 19.2 Å². The minimum absolute atomic E-state index is 0.125. The molecule has 1 N–H and O–H groups in total. The first-order valence-corrected chi connectivity index (χ1v) is 9.38. The molecule has 0 amide bonds. The molecule has 21 heavy (non-hydrogen) atoms. The molecule has 0 atom stereocenters. The van der Waals surface area contributed by atoms with E-state index in [4.69, 9.17) is 11.6 Å². The van der Waals surface area contributed by atoms with Crippen LogP contribution in [0.25, 0.3) is 10.9 Å². The van der Waals surface area contributed by atoms with Gasteiger partial charge in [-0.25, -0.2) is 8.42 Å².